The lowest BCUT2D eigenvalue weighted by Gasteiger charge is -2.22. The number of amides is 1. The molecule has 2 heterocycles. The lowest BCUT2D eigenvalue weighted by atomic mass is 10.0. The number of nitrogens with zero attached hydrogens (tertiary/aromatic N) is 3. The quantitative estimate of drug-likeness (QED) is 0.927. The number of hydrogen-bond donors (Lipinski definition) is 1. The van der Waals surface area contributed by atoms with Crippen molar-refractivity contribution in [3.63, 3.8) is 0 Å². The van der Waals surface area contributed by atoms with Gasteiger partial charge in [-0.2, -0.15) is 5.10 Å². The average Bonchev–Trinajstić information content (AvgIpc) is 3.18. The number of aromatic nitrogens is 2. The summed E-state index contributed by atoms with van der Waals surface area (Å²) < 4.78 is 14.9. The van der Waals surface area contributed by atoms with E-state index in [9.17, 15) is 9.18 Å². The fraction of sp³-hybridized carbons (Fsp3) is 0.474. The predicted molar refractivity (Wildman–Crippen MR) is 95.3 cm³/mol. The van der Waals surface area contributed by atoms with Crippen LogP contribution in [0.3, 0.4) is 0 Å². The predicted octanol–water partition coefficient (Wildman–Crippen LogP) is 2.94. The Kier molecular flexibility index (Phi) is 4.90. The van der Waals surface area contributed by atoms with Gasteiger partial charge in [-0.15, -0.1) is 0 Å². The van der Waals surface area contributed by atoms with Crippen molar-refractivity contribution < 1.29 is 9.18 Å². The molecule has 2 unspecified atom stereocenters. The highest BCUT2D eigenvalue weighted by Crippen LogP contribution is 2.28. The van der Waals surface area contributed by atoms with E-state index in [1.54, 1.807) is 23.0 Å². The molecule has 2 aromatic rings. The van der Waals surface area contributed by atoms with Crippen LogP contribution in [0.1, 0.15) is 49.2 Å². The van der Waals surface area contributed by atoms with Crippen LogP contribution < -0.4 is 5.73 Å². The van der Waals surface area contributed by atoms with Gasteiger partial charge in [0.05, 0.1) is 23.1 Å². The molecule has 1 saturated heterocycles. The van der Waals surface area contributed by atoms with Crippen molar-refractivity contribution in [1.29, 1.82) is 0 Å². The molecular weight excluding hydrogens is 319 g/mol. The van der Waals surface area contributed by atoms with Crippen LogP contribution in [0.25, 0.3) is 5.69 Å². The summed E-state index contributed by atoms with van der Waals surface area (Å²) >= 11 is 0. The number of carbonyl (C=O) groups is 1. The van der Waals surface area contributed by atoms with Gasteiger partial charge in [-0.3, -0.25) is 4.79 Å². The van der Waals surface area contributed by atoms with E-state index in [-0.39, 0.29) is 23.7 Å². The summed E-state index contributed by atoms with van der Waals surface area (Å²) in [5, 5.41) is 4.42. The molecule has 2 N–H and O–H groups in total. The zero-order chi connectivity index (χ0) is 18.1. The number of carbonyl (C=O) groups excluding carboxylic acids is 1. The van der Waals surface area contributed by atoms with Crippen molar-refractivity contribution in [3.05, 3.63) is 47.5 Å². The molecular formula is C19H25FN4O. The van der Waals surface area contributed by atoms with Crippen LogP contribution in [0.2, 0.25) is 0 Å². The van der Waals surface area contributed by atoms with E-state index in [0.29, 0.717) is 24.6 Å². The molecule has 5 nitrogen and oxygen atoms in total. The molecule has 2 atom stereocenters. The van der Waals surface area contributed by atoms with E-state index in [1.165, 1.54) is 12.1 Å². The van der Waals surface area contributed by atoms with Gasteiger partial charge in [0.15, 0.2) is 0 Å². The molecule has 1 aromatic carbocycles. The fourth-order valence-electron chi connectivity index (χ4n) is 3.62. The van der Waals surface area contributed by atoms with Crippen LogP contribution >= 0.6 is 0 Å². The molecule has 3 rings (SSSR count). The molecule has 134 valence electrons. The molecule has 1 fully saturated rings. The van der Waals surface area contributed by atoms with E-state index < -0.39 is 0 Å². The number of benzene rings is 1. The summed E-state index contributed by atoms with van der Waals surface area (Å²) in [5.41, 5.74) is 7.99. The van der Waals surface area contributed by atoms with Crippen molar-refractivity contribution in [3.8, 4) is 5.69 Å². The lowest BCUT2D eigenvalue weighted by molar-refractivity contribution is 0.0742. The Bertz CT molecular complexity index is 753. The Labute approximate surface area is 147 Å². The van der Waals surface area contributed by atoms with Crippen molar-refractivity contribution in [2.45, 2.75) is 39.2 Å². The molecule has 0 bridgehead atoms. The van der Waals surface area contributed by atoms with Gasteiger partial charge in [0.25, 0.3) is 5.91 Å². The van der Waals surface area contributed by atoms with Crippen LogP contribution in [0, 0.1) is 11.7 Å². The van der Waals surface area contributed by atoms with Crippen LogP contribution in [-0.4, -0.2) is 39.7 Å². The Morgan fingerprint density at radius 3 is 2.60 bits per heavy atom. The SMILES string of the molecule is CC(C)c1c(C(=O)N2CC(CN)CC2C)cnn1-c1ccc(F)cc1. The average molecular weight is 344 g/mol. The summed E-state index contributed by atoms with van der Waals surface area (Å²) in [6.07, 6.45) is 2.56. The van der Waals surface area contributed by atoms with Gasteiger partial charge in [-0.1, -0.05) is 13.8 Å². The smallest absolute Gasteiger partial charge is 0.257 e. The second-order valence-corrected chi connectivity index (χ2v) is 7.13. The van der Waals surface area contributed by atoms with Gasteiger partial charge in [0.2, 0.25) is 0 Å². The van der Waals surface area contributed by atoms with Crippen molar-refractivity contribution in [2.24, 2.45) is 11.7 Å². The third-order valence-corrected chi connectivity index (χ3v) is 4.91. The van der Waals surface area contributed by atoms with E-state index in [4.69, 9.17) is 5.73 Å². The second-order valence-electron chi connectivity index (χ2n) is 7.13. The highest BCUT2D eigenvalue weighted by molar-refractivity contribution is 5.96. The van der Waals surface area contributed by atoms with E-state index in [1.807, 2.05) is 18.7 Å². The molecule has 0 aliphatic carbocycles. The van der Waals surface area contributed by atoms with Crippen molar-refractivity contribution in [1.82, 2.24) is 14.7 Å². The summed E-state index contributed by atoms with van der Waals surface area (Å²) in [6.45, 7) is 7.41. The number of rotatable bonds is 4. The Morgan fingerprint density at radius 1 is 1.36 bits per heavy atom. The standard InChI is InChI=1S/C19H25FN4O/c1-12(2)18-17(19(25)23-11-14(9-21)8-13(23)3)10-22-24(18)16-6-4-15(20)5-7-16/h4-7,10,12-14H,8-9,11,21H2,1-3H3. The van der Waals surface area contributed by atoms with Gasteiger partial charge < -0.3 is 10.6 Å². The molecule has 1 amide bonds. The third kappa shape index (κ3) is 3.31. The number of nitrogens with two attached hydrogens (primary N) is 1. The van der Waals surface area contributed by atoms with Crippen molar-refractivity contribution >= 4 is 5.91 Å². The first-order chi connectivity index (χ1) is 11.9. The summed E-state index contributed by atoms with van der Waals surface area (Å²) in [5.74, 6) is 0.167. The minimum atomic E-state index is -0.294. The molecule has 1 aromatic heterocycles. The minimum Gasteiger partial charge on any atom is -0.335 e. The molecule has 0 radical (unpaired) electrons. The zero-order valence-corrected chi connectivity index (χ0v) is 14.9. The van der Waals surface area contributed by atoms with Gasteiger partial charge in [0.1, 0.15) is 5.82 Å². The maximum atomic E-state index is 13.2. The largest absolute Gasteiger partial charge is 0.335 e. The summed E-state index contributed by atoms with van der Waals surface area (Å²) in [4.78, 5) is 15.0. The maximum absolute atomic E-state index is 13.2. The molecule has 1 aliphatic heterocycles. The van der Waals surface area contributed by atoms with Gasteiger partial charge in [-0.05, 0) is 56.0 Å². The first kappa shape index (κ1) is 17.6. The monoisotopic (exact) mass is 344 g/mol. The lowest BCUT2D eigenvalue weighted by Crippen LogP contribution is -2.35. The van der Waals surface area contributed by atoms with Gasteiger partial charge in [0, 0.05) is 12.6 Å². The first-order valence-corrected chi connectivity index (χ1v) is 8.77. The van der Waals surface area contributed by atoms with Crippen LogP contribution in [0.15, 0.2) is 30.5 Å². The fourth-order valence-corrected chi connectivity index (χ4v) is 3.62. The van der Waals surface area contributed by atoms with Crippen LogP contribution in [-0.2, 0) is 0 Å². The minimum absolute atomic E-state index is 0.000474. The molecule has 25 heavy (non-hydrogen) atoms. The summed E-state index contributed by atoms with van der Waals surface area (Å²) in [6, 6.07) is 6.32. The summed E-state index contributed by atoms with van der Waals surface area (Å²) in [7, 11) is 0. The Hall–Kier alpha value is -2.21. The van der Waals surface area contributed by atoms with Crippen LogP contribution in [0.4, 0.5) is 4.39 Å². The molecule has 0 spiro atoms. The van der Waals surface area contributed by atoms with Gasteiger partial charge >= 0.3 is 0 Å². The van der Waals surface area contributed by atoms with E-state index in [2.05, 4.69) is 12.0 Å². The molecule has 6 heteroatoms. The highest BCUT2D eigenvalue weighted by atomic mass is 19.1. The van der Waals surface area contributed by atoms with Crippen LogP contribution in [0.5, 0.6) is 0 Å². The topological polar surface area (TPSA) is 64.2 Å². The zero-order valence-electron chi connectivity index (χ0n) is 14.9. The number of hydrogen-bond acceptors (Lipinski definition) is 3. The van der Waals surface area contributed by atoms with E-state index >= 15 is 0 Å². The first-order valence-electron chi connectivity index (χ1n) is 8.77. The molecule has 0 saturated carbocycles. The molecule has 1 aliphatic rings. The van der Waals surface area contributed by atoms with Crippen molar-refractivity contribution in [2.75, 3.05) is 13.1 Å². The third-order valence-electron chi connectivity index (χ3n) is 4.91. The number of likely N-dealkylation sites (tertiary alicyclic amines) is 1. The van der Waals surface area contributed by atoms with E-state index in [0.717, 1.165) is 17.8 Å². The second kappa shape index (κ2) is 6.96. The normalized spacial score (nSPS) is 20.5. The highest BCUT2D eigenvalue weighted by Gasteiger charge is 2.34. The number of halogens is 1. The maximum Gasteiger partial charge on any atom is 0.257 e. The Balaban J connectivity index is 1.97. The Morgan fingerprint density at radius 2 is 2.04 bits per heavy atom. The van der Waals surface area contributed by atoms with Gasteiger partial charge in [-0.25, -0.2) is 9.07 Å².